The minimum Gasteiger partial charge on any atom is -0.357 e. The van der Waals surface area contributed by atoms with E-state index in [4.69, 9.17) is 5.26 Å². The van der Waals surface area contributed by atoms with Gasteiger partial charge in [0.15, 0.2) is 9.99 Å². The maximum atomic E-state index is 12.0. The predicted octanol–water partition coefficient (Wildman–Crippen LogP) is 1.61. The number of anilines is 1. The molecule has 0 atom stereocenters. The Morgan fingerprint density at radius 3 is 3.17 bits per heavy atom. The van der Waals surface area contributed by atoms with Gasteiger partial charge in [-0.2, -0.15) is 5.26 Å². The van der Waals surface area contributed by atoms with Crippen LogP contribution in [-0.2, 0) is 5.75 Å². The quantitative estimate of drug-likeness (QED) is 0.676. The summed E-state index contributed by atoms with van der Waals surface area (Å²) in [5, 5.41) is 24.1. The summed E-state index contributed by atoms with van der Waals surface area (Å²) in [6, 6.07) is 4.02. The Labute approximate surface area is 138 Å². The Kier molecular flexibility index (Phi) is 3.51. The lowest BCUT2D eigenvalue weighted by atomic mass is 10.3. The summed E-state index contributed by atoms with van der Waals surface area (Å²) in [5.74, 6) is 0.500. The molecule has 1 aliphatic rings. The highest BCUT2D eigenvalue weighted by molar-refractivity contribution is 8.00. The summed E-state index contributed by atoms with van der Waals surface area (Å²) >= 11 is 2.97. The highest BCUT2D eigenvalue weighted by atomic mass is 32.2. The second-order valence-corrected chi connectivity index (χ2v) is 7.32. The third-order valence-corrected chi connectivity index (χ3v) is 5.35. The molecule has 0 unspecified atom stereocenters. The lowest BCUT2D eigenvalue weighted by Crippen LogP contribution is -2.15. The molecule has 4 rings (SSSR count). The number of nitrogens with zero attached hydrogens (tertiary/aromatic N) is 5. The molecule has 0 aromatic carbocycles. The summed E-state index contributed by atoms with van der Waals surface area (Å²) in [5.41, 5.74) is 1.08. The number of rotatable bonds is 5. The van der Waals surface area contributed by atoms with E-state index in [0.29, 0.717) is 28.7 Å². The second kappa shape index (κ2) is 5.68. The van der Waals surface area contributed by atoms with E-state index in [1.807, 2.05) is 6.07 Å². The van der Waals surface area contributed by atoms with Crippen molar-refractivity contribution in [3.8, 4) is 6.07 Å². The zero-order valence-corrected chi connectivity index (χ0v) is 13.4. The number of aromatic nitrogens is 5. The fourth-order valence-corrected chi connectivity index (χ4v) is 3.77. The van der Waals surface area contributed by atoms with E-state index in [1.54, 1.807) is 0 Å². The van der Waals surface area contributed by atoms with Crippen LogP contribution in [0.1, 0.15) is 24.1 Å². The molecule has 3 aromatic rings. The fourth-order valence-electron chi connectivity index (χ4n) is 2.05. The van der Waals surface area contributed by atoms with Crippen LogP contribution in [0.15, 0.2) is 21.4 Å². The summed E-state index contributed by atoms with van der Waals surface area (Å²) in [4.78, 5) is 16.4. The molecule has 1 saturated carbocycles. The van der Waals surface area contributed by atoms with Crippen molar-refractivity contribution in [3.63, 3.8) is 0 Å². The number of aromatic amines is 1. The van der Waals surface area contributed by atoms with Crippen LogP contribution in [0.3, 0.4) is 0 Å². The summed E-state index contributed by atoms with van der Waals surface area (Å²) in [7, 11) is 0. The molecule has 10 heteroatoms. The molecule has 3 aromatic heterocycles. The molecule has 1 fully saturated rings. The number of hydrogen-bond donors (Lipinski definition) is 2. The number of nitriles is 1. The van der Waals surface area contributed by atoms with E-state index >= 15 is 0 Å². The van der Waals surface area contributed by atoms with Crippen molar-refractivity contribution in [2.24, 2.45) is 0 Å². The normalized spacial score (nSPS) is 14.0. The van der Waals surface area contributed by atoms with Crippen LogP contribution in [0.2, 0.25) is 0 Å². The van der Waals surface area contributed by atoms with E-state index in [-0.39, 0.29) is 5.56 Å². The van der Waals surface area contributed by atoms with Gasteiger partial charge < -0.3 is 5.32 Å². The van der Waals surface area contributed by atoms with Crippen LogP contribution in [0, 0.1) is 11.3 Å². The van der Waals surface area contributed by atoms with E-state index in [0.717, 1.165) is 9.47 Å². The van der Waals surface area contributed by atoms with Crippen molar-refractivity contribution in [2.75, 3.05) is 5.32 Å². The molecule has 116 valence electrons. The van der Waals surface area contributed by atoms with Crippen LogP contribution in [0.25, 0.3) is 5.65 Å². The van der Waals surface area contributed by atoms with Crippen molar-refractivity contribution in [1.29, 1.82) is 5.26 Å². The first kappa shape index (κ1) is 14.2. The Morgan fingerprint density at radius 2 is 2.39 bits per heavy atom. The van der Waals surface area contributed by atoms with Crippen LogP contribution < -0.4 is 10.9 Å². The number of thioether (sulfide) groups is 1. The Hall–Kier alpha value is -2.38. The SMILES string of the molecule is N#Cc1c[nH]n2c(=O)cc(CSc3nnc(NC4CC4)s3)nc12. The van der Waals surface area contributed by atoms with Crippen LogP contribution >= 0.6 is 23.1 Å². The third-order valence-electron chi connectivity index (χ3n) is 3.33. The highest BCUT2D eigenvalue weighted by Crippen LogP contribution is 2.31. The zero-order chi connectivity index (χ0) is 15.8. The van der Waals surface area contributed by atoms with Gasteiger partial charge in [-0.25, -0.2) is 9.50 Å². The molecular weight excluding hydrogens is 334 g/mol. The van der Waals surface area contributed by atoms with Gasteiger partial charge >= 0.3 is 0 Å². The van der Waals surface area contributed by atoms with Crippen molar-refractivity contribution >= 4 is 33.9 Å². The molecule has 3 heterocycles. The van der Waals surface area contributed by atoms with Gasteiger partial charge in [0.05, 0.1) is 5.69 Å². The molecule has 1 aliphatic carbocycles. The van der Waals surface area contributed by atoms with E-state index < -0.39 is 0 Å². The maximum Gasteiger partial charge on any atom is 0.272 e. The smallest absolute Gasteiger partial charge is 0.272 e. The summed E-state index contributed by atoms with van der Waals surface area (Å²) < 4.78 is 2.08. The molecule has 0 spiro atoms. The summed E-state index contributed by atoms with van der Waals surface area (Å²) in [6.07, 6.45) is 3.85. The van der Waals surface area contributed by atoms with Gasteiger partial charge in [0.1, 0.15) is 11.6 Å². The Bertz CT molecular complexity index is 963. The van der Waals surface area contributed by atoms with Gasteiger partial charge in [0.25, 0.3) is 5.56 Å². The minimum absolute atomic E-state index is 0.236. The third kappa shape index (κ3) is 2.93. The van der Waals surface area contributed by atoms with E-state index in [2.05, 4.69) is 25.6 Å². The number of H-pyrrole nitrogens is 1. The van der Waals surface area contributed by atoms with E-state index in [1.165, 1.54) is 52.7 Å². The molecule has 0 amide bonds. The van der Waals surface area contributed by atoms with Crippen LogP contribution in [-0.4, -0.2) is 30.8 Å². The van der Waals surface area contributed by atoms with Gasteiger partial charge in [-0.3, -0.25) is 9.89 Å². The molecule has 2 N–H and O–H groups in total. The van der Waals surface area contributed by atoms with Gasteiger partial charge in [-0.1, -0.05) is 23.1 Å². The Balaban J connectivity index is 1.52. The topological polar surface area (TPSA) is 112 Å². The largest absolute Gasteiger partial charge is 0.357 e. The van der Waals surface area contributed by atoms with Crippen LogP contribution in [0.5, 0.6) is 0 Å². The predicted molar refractivity (Wildman–Crippen MR) is 86.6 cm³/mol. The second-order valence-electron chi connectivity index (χ2n) is 5.12. The van der Waals surface area contributed by atoms with Crippen molar-refractivity contribution in [1.82, 2.24) is 24.8 Å². The van der Waals surface area contributed by atoms with Crippen molar-refractivity contribution in [2.45, 2.75) is 29.0 Å². The van der Waals surface area contributed by atoms with Crippen LogP contribution in [0.4, 0.5) is 5.13 Å². The minimum atomic E-state index is -0.236. The molecule has 0 saturated heterocycles. The van der Waals surface area contributed by atoms with Gasteiger partial charge in [0.2, 0.25) is 5.13 Å². The summed E-state index contributed by atoms with van der Waals surface area (Å²) in [6.45, 7) is 0. The molecule has 8 nitrogen and oxygen atoms in total. The first-order valence-electron chi connectivity index (χ1n) is 6.96. The molecule has 0 radical (unpaired) electrons. The monoisotopic (exact) mass is 345 g/mol. The Morgan fingerprint density at radius 1 is 1.52 bits per heavy atom. The standard InChI is InChI=1S/C13H11N7OS2/c14-4-7-5-15-20-10(21)3-9(16-11(7)20)6-22-13-19-18-12(23-13)17-8-1-2-8/h3,5,8,15H,1-2,6H2,(H,17,18). The number of nitrogens with one attached hydrogen (secondary N) is 2. The first-order valence-corrected chi connectivity index (χ1v) is 8.76. The highest BCUT2D eigenvalue weighted by Gasteiger charge is 2.22. The van der Waals surface area contributed by atoms with E-state index in [9.17, 15) is 4.79 Å². The van der Waals surface area contributed by atoms with Gasteiger partial charge in [-0.15, -0.1) is 10.2 Å². The molecular formula is C13H11N7OS2. The molecule has 0 aliphatic heterocycles. The number of hydrogen-bond acceptors (Lipinski definition) is 8. The average molecular weight is 345 g/mol. The lowest BCUT2D eigenvalue weighted by molar-refractivity contribution is 0.888. The fraction of sp³-hybridized carbons (Fsp3) is 0.308. The van der Waals surface area contributed by atoms with Gasteiger partial charge in [-0.05, 0) is 12.8 Å². The van der Waals surface area contributed by atoms with Crippen molar-refractivity contribution in [3.05, 3.63) is 33.9 Å². The zero-order valence-electron chi connectivity index (χ0n) is 11.8. The first-order chi connectivity index (χ1) is 11.2. The maximum absolute atomic E-state index is 12.0. The van der Waals surface area contributed by atoms with Crippen molar-refractivity contribution < 1.29 is 0 Å². The number of fused-ring (bicyclic) bond motifs is 1. The van der Waals surface area contributed by atoms with Gasteiger partial charge in [0, 0.05) is 24.1 Å². The molecule has 0 bridgehead atoms. The lowest BCUT2D eigenvalue weighted by Gasteiger charge is -1.99. The molecule has 23 heavy (non-hydrogen) atoms. The average Bonchev–Trinajstić information content (AvgIpc) is 3.08.